The van der Waals surface area contributed by atoms with E-state index in [-0.39, 0.29) is 5.82 Å². The number of nitrogens with one attached hydrogen (secondary N) is 1. The van der Waals surface area contributed by atoms with E-state index >= 15 is 0 Å². The predicted octanol–water partition coefficient (Wildman–Crippen LogP) is 2.47. The van der Waals surface area contributed by atoms with Gasteiger partial charge in [0.15, 0.2) is 0 Å². The number of nitrogens with zero attached hydrogens (tertiary/aromatic N) is 1. The monoisotopic (exact) mass is 194 g/mol. The lowest BCUT2D eigenvalue weighted by Gasteiger charge is -2.35. The maximum atomic E-state index is 13.0. The van der Waals surface area contributed by atoms with Gasteiger partial charge in [-0.25, -0.2) is 4.39 Å². The van der Waals surface area contributed by atoms with E-state index in [1.807, 2.05) is 6.07 Å². The average Bonchev–Trinajstić information content (AvgIpc) is 2.15. The molecule has 14 heavy (non-hydrogen) atoms. The third kappa shape index (κ3) is 1.54. The Hall–Kier alpha value is -1.25. The van der Waals surface area contributed by atoms with E-state index in [1.54, 1.807) is 6.07 Å². The van der Waals surface area contributed by atoms with Crippen LogP contribution in [0.2, 0.25) is 0 Å². The SMILES string of the molecule is CCN1CC(C)Nc2cc(F)ccc21. The van der Waals surface area contributed by atoms with E-state index in [2.05, 4.69) is 24.1 Å². The Kier molecular flexibility index (Phi) is 2.32. The van der Waals surface area contributed by atoms with Gasteiger partial charge in [0.25, 0.3) is 0 Å². The van der Waals surface area contributed by atoms with Crippen molar-refractivity contribution in [2.75, 3.05) is 23.3 Å². The number of benzene rings is 1. The highest BCUT2D eigenvalue weighted by Gasteiger charge is 2.19. The number of likely N-dealkylation sites (N-methyl/N-ethyl adjacent to an activating group) is 1. The van der Waals surface area contributed by atoms with Crippen LogP contribution >= 0.6 is 0 Å². The highest BCUT2D eigenvalue weighted by Crippen LogP contribution is 2.30. The first-order valence-electron chi connectivity index (χ1n) is 5.01. The van der Waals surface area contributed by atoms with Crippen molar-refractivity contribution in [3.05, 3.63) is 24.0 Å². The van der Waals surface area contributed by atoms with Crippen LogP contribution in [-0.2, 0) is 0 Å². The van der Waals surface area contributed by atoms with Crippen LogP contribution in [0, 0.1) is 5.82 Å². The molecule has 2 rings (SSSR count). The quantitative estimate of drug-likeness (QED) is 0.738. The Bertz CT molecular complexity index is 338. The van der Waals surface area contributed by atoms with Crippen LogP contribution in [0.5, 0.6) is 0 Å². The van der Waals surface area contributed by atoms with Crippen LogP contribution < -0.4 is 10.2 Å². The van der Waals surface area contributed by atoms with E-state index in [1.165, 1.54) is 6.07 Å². The average molecular weight is 194 g/mol. The minimum atomic E-state index is -0.179. The molecule has 1 aliphatic heterocycles. The van der Waals surface area contributed by atoms with Crippen molar-refractivity contribution < 1.29 is 4.39 Å². The molecule has 0 aromatic heterocycles. The fraction of sp³-hybridized carbons (Fsp3) is 0.455. The molecule has 0 radical (unpaired) electrons. The largest absolute Gasteiger partial charge is 0.379 e. The molecule has 1 aromatic rings. The zero-order chi connectivity index (χ0) is 10.1. The third-order valence-corrected chi connectivity index (χ3v) is 2.58. The summed E-state index contributed by atoms with van der Waals surface area (Å²) in [6.45, 7) is 6.17. The van der Waals surface area contributed by atoms with E-state index in [9.17, 15) is 4.39 Å². The summed E-state index contributed by atoms with van der Waals surface area (Å²) in [6, 6.07) is 5.30. The van der Waals surface area contributed by atoms with Crippen molar-refractivity contribution >= 4 is 11.4 Å². The van der Waals surface area contributed by atoms with Crippen molar-refractivity contribution in [3.63, 3.8) is 0 Å². The summed E-state index contributed by atoms with van der Waals surface area (Å²) in [7, 11) is 0. The van der Waals surface area contributed by atoms with Crippen molar-refractivity contribution in [2.45, 2.75) is 19.9 Å². The molecule has 1 heterocycles. The number of rotatable bonds is 1. The first kappa shape index (κ1) is 9.31. The molecule has 0 bridgehead atoms. The molecule has 0 saturated carbocycles. The number of hydrogen-bond acceptors (Lipinski definition) is 2. The topological polar surface area (TPSA) is 15.3 Å². The van der Waals surface area contributed by atoms with Gasteiger partial charge in [-0.2, -0.15) is 0 Å². The highest BCUT2D eigenvalue weighted by molar-refractivity contribution is 5.72. The summed E-state index contributed by atoms with van der Waals surface area (Å²) < 4.78 is 13.0. The van der Waals surface area contributed by atoms with E-state index in [0.29, 0.717) is 6.04 Å². The van der Waals surface area contributed by atoms with Gasteiger partial charge < -0.3 is 10.2 Å². The Morgan fingerprint density at radius 2 is 2.36 bits per heavy atom. The van der Waals surface area contributed by atoms with Gasteiger partial charge in [0, 0.05) is 19.1 Å². The molecular formula is C11H15FN2. The lowest BCUT2D eigenvalue weighted by atomic mass is 10.1. The summed E-state index contributed by atoms with van der Waals surface area (Å²) >= 11 is 0. The molecule has 1 aromatic carbocycles. The molecule has 0 aliphatic carbocycles. The molecule has 2 nitrogen and oxygen atoms in total. The van der Waals surface area contributed by atoms with Crippen LogP contribution in [-0.4, -0.2) is 19.1 Å². The number of hydrogen-bond donors (Lipinski definition) is 1. The smallest absolute Gasteiger partial charge is 0.125 e. The second-order valence-corrected chi connectivity index (χ2v) is 3.75. The zero-order valence-corrected chi connectivity index (χ0v) is 8.55. The van der Waals surface area contributed by atoms with Crippen LogP contribution in [0.3, 0.4) is 0 Å². The van der Waals surface area contributed by atoms with E-state index in [0.717, 1.165) is 24.5 Å². The van der Waals surface area contributed by atoms with Gasteiger partial charge in [-0.3, -0.25) is 0 Å². The predicted molar refractivity (Wildman–Crippen MR) is 57.4 cm³/mol. The fourth-order valence-corrected chi connectivity index (χ4v) is 1.94. The molecule has 0 fully saturated rings. The fourth-order valence-electron chi connectivity index (χ4n) is 1.94. The Balaban J connectivity index is 2.40. The lowest BCUT2D eigenvalue weighted by molar-refractivity contribution is 0.624. The zero-order valence-electron chi connectivity index (χ0n) is 8.55. The molecule has 3 heteroatoms. The van der Waals surface area contributed by atoms with E-state index in [4.69, 9.17) is 0 Å². The Morgan fingerprint density at radius 1 is 1.57 bits per heavy atom. The maximum Gasteiger partial charge on any atom is 0.125 e. The van der Waals surface area contributed by atoms with Crippen LogP contribution in [0.1, 0.15) is 13.8 Å². The summed E-state index contributed by atoms with van der Waals surface area (Å²) in [4.78, 5) is 2.26. The molecule has 1 N–H and O–H groups in total. The normalized spacial score (nSPS) is 20.2. The van der Waals surface area contributed by atoms with Crippen molar-refractivity contribution in [1.82, 2.24) is 0 Å². The van der Waals surface area contributed by atoms with Gasteiger partial charge >= 0.3 is 0 Å². The molecule has 1 unspecified atom stereocenters. The minimum absolute atomic E-state index is 0.179. The summed E-state index contributed by atoms with van der Waals surface area (Å²) in [5, 5.41) is 3.28. The minimum Gasteiger partial charge on any atom is -0.379 e. The first-order valence-corrected chi connectivity index (χ1v) is 5.01. The molecule has 1 aliphatic rings. The standard InChI is InChI=1S/C11H15FN2/c1-3-14-7-8(2)13-10-6-9(12)4-5-11(10)14/h4-6,8,13H,3,7H2,1-2H3. The molecule has 0 spiro atoms. The second-order valence-electron chi connectivity index (χ2n) is 3.75. The summed E-state index contributed by atoms with van der Waals surface area (Å²) in [6.07, 6.45) is 0. The number of fused-ring (bicyclic) bond motifs is 1. The Labute approximate surface area is 83.7 Å². The highest BCUT2D eigenvalue weighted by atomic mass is 19.1. The Morgan fingerprint density at radius 3 is 3.07 bits per heavy atom. The van der Waals surface area contributed by atoms with Gasteiger partial charge in [-0.05, 0) is 32.0 Å². The lowest BCUT2D eigenvalue weighted by Crippen LogP contribution is -2.39. The number of halogens is 1. The van der Waals surface area contributed by atoms with Gasteiger partial charge in [0.1, 0.15) is 5.82 Å². The summed E-state index contributed by atoms with van der Waals surface area (Å²) in [5.74, 6) is -0.179. The second kappa shape index (κ2) is 3.48. The molecule has 1 atom stereocenters. The maximum absolute atomic E-state index is 13.0. The molecule has 0 amide bonds. The first-order chi connectivity index (χ1) is 6.70. The van der Waals surface area contributed by atoms with Crippen molar-refractivity contribution in [3.8, 4) is 0 Å². The molecular weight excluding hydrogens is 179 g/mol. The number of anilines is 2. The van der Waals surface area contributed by atoms with Gasteiger partial charge in [-0.1, -0.05) is 0 Å². The van der Waals surface area contributed by atoms with Gasteiger partial charge in [0.2, 0.25) is 0 Å². The van der Waals surface area contributed by atoms with E-state index < -0.39 is 0 Å². The van der Waals surface area contributed by atoms with Crippen LogP contribution in [0.4, 0.5) is 15.8 Å². The van der Waals surface area contributed by atoms with Crippen LogP contribution in [0.15, 0.2) is 18.2 Å². The molecule has 76 valence electrons. The van der Waals surface area contributed by atoms with Crippen molar-refractivity contribution in [2.24, 2.45) is 0 Å². The molecule has 0 saturated heterocycles. The van der Waals surface area contributed by atoms with Crippen molar-refractivity contribution in [1.29, 1.82) is 0 Å². The van der Waals surface area contributed by atoms with Crippen LogP contribution in [0.25, 0.3) is 0 Å². The van der Waals surface area contributed by atoms with Gasteiger partial charge in [-0.15, -0.1) is 0 Å². The third-order valence-electron chi connectivity index (χ3n) is 2.58. The summed E-state index contributed by atoms with van der Waals surface area (Å²) in [5.41, 5.74) is 2.01. The van der Waals surface area contributed by atoms with Gasteiger partial charge in [0.05, 0.1) is 11.4 Å².